The topological polar surface area (TPSA) is 36.4 Å². The molecule has 6 heteroatoms. The van der Waals surface area contributed by atoms with Gasteiger partial charge in [0.1, 0.15) is 11.0 Å². The lowest BCUT2D eigenvalue weighted by molar-refractivity contribution is 0.0975. The zero-order valence-corrected chi connectivity index (χ0v) is 21.2. The van der Waals surface area contributed by atoms with Crippen molar-refractivity contribution in [3.63, 3.8) is 0 Å². The molecule has 186 valence electrons. The Labute approximate surface area is 221 Å². The van der Waals surface area contributed by atoms with Gasteiger partial charge in [-0.2, -0.15) is 0 Å². The Balaban J connectivity index is 1.24. The number of anilines is 1. The molecule has 0 N–H and O–H groups in total. The van der Waals surface area contributed by atoms with E-state index in [0.29, 0.717) is 12.1 Å². The van der Waals surface area contributed by atoms with Gasteiger partial charge in [0.25, 0.3) is 5.91 Å². The second-order valence-electron chi connectivity index (χ2n) is 10.00. The summed E-state index contributed by atoms with van der Waals surface area (Å²) in [4.78, 5) is 21.7. The van der Waals surface area contributed by atoms with Gasteiger partial charge in [0.2, 0.25) is 0 Å². The number of nitrogens with zero attached hydrogens (tertiary/aromatic N) is 3. The third-order valence-corrected chi connectivity index (χ3v) is 8.02. The summed E-state index contributed by atoms with van der Waals surface area (Å²) in [6.07, 6.45) is 3.26. The third-order valence-electron chi connectivity index (χ3n) is 7.81. The summed E-state index contributed by atoms with van der Waals surface area (Å²) in [5.41, 5.74) is 5.73. The third kappa shape index (κ3) is 4.54. The second kappa shape index (κ2) is 9.73. The first kappa shape index (κ1) is 23.8. The molecule has 0 atom stereocenters. The van der Waals surface area contributed by atoms with Crippen LogP contribution in [0.5, 0.6) is 0 Å². The van der Waals surface area contributed by atoms with Crippen molar-refractivity contribution >= 4 is 23.2 Å². The number of pyridine rings is 1. The highest BCUT2D eigenvalue weighted by Crippen LogP contribution is 2.48. The van der Waals surface area contributed by atoms with E-state index in [1.165, 1.54) is 22.8 Å². The van der Waals surface area contributed by atoms with Crippen LogP contribution in [0.1, 0.15) is 34.3 Å². The van der Waals surface area contributed by atoms with Crippen molar-refractivity contribution in [1.29, 1.82) is 0 Å². The van der Waals surface area contributed by atoms with Crippen molar-refractivity contribution in [1.82, 2.24) is 9.88 Å². The number of rotatable bonds is 4. The number of hydrogen-bond donors (Lipinski definition) is 0. The normalized spacial score (nSPS) is 16.6. The highest BCUT2D eigenvalue weighted by Gasteiger charge is 2.46. The fourth-order valence-electron chi connectivity index (χ4n) is 5.88. The lowest BCUT2D eigenvalue weighted by Crippen LogP contribution is -2.45. The van der Waals surface area contributed by atoms with Crippen molar-refractivity contribution in [2.24, 2.45) is 0 Å². The minimum atomic E-state index is -0.265. The van der Waals surface area contributed by atoms with Crippen molar-refractivity contribution in [2.75, 3.05) is 24.5 Å². The lowest BCUT2D eigenvalue weighted by atomic mass is 9.74. The smallest absolute Gasteiger partial charge is 0.258 e. The molecule has 1 spiro atoms. The van der Waals surface area contributed by atoms with E-state index in [1.54, 1.807) is 35.4 Å². The van der Waals surface area contributed by atoms with E-state index in [-0.39, 0.29) is 22.3 Å². The number of fused-ring (bicyclic) bond motifs is 2. The van der Waals surface area contributed by atoms with Crippen LogP contribution in [0, 0.1) is 5.82 Å². The molecule has 3 aromatic carbocycles. The molecule has 1 fully saturated rings. The first-order chi connectivity index (χ1) is 18.0. The Morgan fingerprint density at radius 1 is 0.946 bits per heavy atom. The minimum Gasteiger partial charge on any atom is -0.307 e. The van der Waals surface area contributed by atoms with Crippen molar-refractivity contribution < 1.29 is 9.18 Å². The fraction of sp³-hybridized carbons (Fsp3) is 0.226. The monoisotopic (exact) mass is 511 g/mol. The van der Waals surface area contributed by atoms with Gasteiger partial charge in [-0.15, -0.1) is 0 Å². The van der Waals surface area contributed by atoms with Crippen LogP contribution in [0.25, 0.3) is 11.1 Å². The molecule has 1 aromatic heterocycles. The Kier molecular flexibility index (Phi) is 6.27. The molecule has 3 heterocycles. The molecule has 0 saturated carbocycles. The van der Waals surface area contributed by atoms with Crippen molar-refractivity contribution in [2.45, 2.75) is 24.8 Å². The molecule has 4 aromatic rings. The summed E-state index contributed by atoms with van der Waals surface area (Å²) in [6, 6.07) is 27.1. The predicted molar refractivity (Wildman–Crippen MR) is 145 cm³/mol. The molecule has 4 nitrogen and oxygen atoms in total. The predicted octanol–water partition coefficient (Wildman–Crippen LogP) is 6.74. The van der Waals surface area contributed by atoms with Crippen LogP contribution < -0.4 is 4.90 Å². The van der Waals surface area contributed by atoms with Gasteiger partial charge in [-0.1, -0.05) is 66.2 Å². The summed E-state index contributed by atoms with van der Waals surface area (Å²) in [6.45, 7) is 3.15. The van der Waals surface area contributed by atoms with Crippen LogP contribution in [-0.4, -0.2) is 35.4 Å². The van der Waals surface area contributed by atoms with Gasteiger partial charge < -0.3 is 4.90 Å². The molecule has 0 unspecified atom stereocenters. The molecule has 2 aliphatic heterocycles. The standard InChI is InChI=1S/C31H27ClFN3O/c32-29-18-23(12-15-34-29)30(37)36-21-31(27-19-25(33)10-11-28(27)36)13-16-35(17-14-31)20-24-8-4-5-9-26(24)22-6-2-1-3-7-22/h1-12,15,18-19H,13-14,16-17,20-21H2. The summed E-state index contributed by atoms with van der Waals surface area (Å²) in [7, 11) is 0. The van der Waals surface area contributed by atoms with E-state index < -0.39 is 0 Å². The first-order valence-electron chi connectivity index (χ1n) is 12.6. The summed E-state index contributed by atoms with van der Waals surface area (Å²) in [5.74, 6) is -0.396. The molecular formula is C31H27ClFN3O. The maximum Gasteiger partial charge on any atom is 0.258 e. The zero-order valence-electron chi connectivity index (χ0n) is 20.4. The summed E-state index contributed by atoms with van der Waals surface area (Å²) in [5, 5.41) is 0.281. The number of aromatic nitrogens is 1. The molecule has 6 rings (SSSR count). The number of likely N-dealkylation sites (tertiary alicyclic amines) is 1. The SMILES string of the molecule is O=C(c1ccnc(Cl)c1)N1CC2(CCN(Cc3ccccc3-c3ccccc3)CC2)c2cc(F)ccc21. The van der Waals surface area contributed by atoms with E-state index in [9.17, 15) is 9.18 Å². The zero-order chi connectivity index (χ0) is 25.4. The molecule has 0 bridgehead atoms. The van der Waals surface area contributed by atoms with Crippen LogP contribution in [-0.2, 0) is 12.0 Å². The van der Waals surface area contributed by atoms with Gasteiger partial charge in [-0.3, -0.25) is 9.69 Å². The van der Waals surface area contributed by atoms with Crippen LogP contribution in [0.3, 0.4) is 0 Å². The number of piperidine rings is 1. The van der Waals surface area contributed by atoms with E-state index in [2.05, 4.69) is 58.4 Å². The van der Waals surface area contributed by atoms with Crippen LogP contribution >= 0.6 is 11.6 Å². The van der Waals surface area contributed by atoms with Gasteiger partial charge in [0.05, 0.1) is 0 Å². The number of carbonyl (C=O) groups is 1. The maximum absolute atomic E-state index is 14.4. The Morgan fingerprint density at radius 2 is 1.70 bits per heavy atom. The van der Waals surface area contributed by atoms with Crippen LogP contribution in [0.4, 0.5) is 10.1 Å². The molecule has 0 radical (unpaired) electrons. The average Bonchev–Trinajstić information content (AvgIpc) is 3.23. The van der Waals surface area contributed by atoms with Gasteiger partial charge in [0.15, 0.2) is 0 Å². The average molecular weight is 512 g/mol. The molecule has 0 aliphatic carbocycles. The fourth-order valence-corrected chi connectivity index (χ4v) is 6.05. The van der Waals surface area contributed by atoms with Gasteiger partial charge in [0, 0.05) is 36.0 Å². The molecule has 1 saturated heterocycles. The maximum atomic E-state index is 14.4. The lowest BCUT2D eigenvalue weighted by Gasteiger charge is -2.40. The molecule has 1 amide bonds. The second-order valence-corrected chi connectivity index (χ2v) is 10.4. The summed E-state index contributed by atoms with van der Waals surface area (Å²) < 4.78 is 14.4. The number of hydrogen-bond acceptors (Lipinski definition) is 3. The Bertz CT molecular complexity index is 1450. The molecular weight excluding hydrogens is 485 g/mol. The number of benzene rings is 3. The van der Waals surface area contributed by atoms with E-state index in [0.717, 1.165) is 43.7 Å². The number of carbonyl (C=O) groups excluding carboxylic acids is 1. The Morgan fingerprint density at radius 3 is 2.49 bits per heavy atom. The molecule has 2 aliphatic rings. The van der Waals surface area contributed by atoms with E-state index in [4.69, 9.17) is 11.6 Å². The van der Waals surface area contributed by atoms with Crippen LogP contribution in [0.2, 0.25) is 5.15 Å². The first-order valence-corrected chi connectivity index (χ1v) is 13.0. The highest BCUT2D eigenvalue weighted by atomic mass is 35.5. The highest BCUT2D eigenvalue weighted by molar-refractivity contribution is 6.29. The van der Waals surface area contributed by atoms with E-state index in [1.807, 2.05) is 6.07 Å². The summed E-state index contributed by atoms with van der Waals surface area (Å²) >= 11 is 6.05. The van der Waals surface area contributed by atoms with Gasteiger partial charge in [-0.25, -0.2) is 9.37 Å². The Hall–Kier alpha value is -3.54. The largest absolute Gasteiger partial charge is 0.307 e. The van der Waals surface area contributed by atoms with Crippen molar-refractivity contribution in [3.8, 4) is 11.1 Å². The minimum absolute atomic E-state index is 0.131. The van der Waals surface area contributed by atoms with E-state index >= 15 is 0 Å². The quantitative estimate of drug-likeness (QED) is 0.285. The number of halogens is 2. The van der Waals surface area contributed by atoms with Gasteiger partial charge >= 0.3 is 0 Å². The van der Waals surface area contributed by atoms with Gasteiger partial charge in [-0.05, 0) is 78.5 Å². The molecule has 37 heavy (non-hydrogen) atoms. The van der Waals surface area contributed by atoms with Crippen LogP contribution in [0.15, 0.2) is 91.1 Å². The number of amides is 1. The van der Waals surface area contributed by atoms with Crippen molar-refractivity contribution in [3.05, 3.63) is 119 Å².